The fourth-order valence-electron chi connectivity index (χ4n) is 2.34. The number of benzene rings is 2. The van der Waals surface area contributed by atoms with Gasteiger partial charge in [0.2, 0.25) is 5.91 Å². The first-order chi connectivity index (χ1) is 11.4. The monoisotopic (exact) mass is 362 g/mol. The Labute approximate surface area is 150 Å². The third-order valence-electron chi connectivity index (χ3n) is 3.93. The maximum Gasteiger partial charge on any atom is 0.255 e. The number of para-hydroxylation sites is 1. The van der Waals surface area contributed by atoms with Crippen LogP contribution in [-0.2, 0) is 4.79 Å². The van der Waals surface area contributed by atoms with Gasteiger partial charge in [0.1, 0.15) is 4.33 Å². The van der Waals surface area contributed by atoms with Gasteiger partial charge < -0.3 is 10.6 Å². The van der Waals surface area contributed by atoms with E-state index in [0.29, 0.717) is 23.4 Å². The van der Waals surface area contributed by atoms with Crippen LogP contribution in [0, 0.1) is 12.8 Å². The molecule has 0 aromatic heterocycles. The standard InChI is InChI=1S/C18H16Cl2N2O2/c1-11-7-8-12(16(23)21-13-5-3-2-4-6-13)9-15(11)22-17(24)14-10-18(14,19)20/h2-9,14H,10H2,1H3,(H,21,23)(H,22,24). The number of carbonyl (C=O) groups is 2. The number of amides is 2. The van der Waals surface area contributed by atoms with Crippen LogP contribution in [0.2, 0.25) is 0 Å². The summed E-state index contributed by atoms with van der Waals surface area (Å²) in [6.07, 6.45) is 0.440. The van der Waals surface area contributed by atoms with Gasteiger partial charge in [-0.15, -0.1) is 23.2 Å². The molecule has 0 heterocycles. The van der Waals surface area contributed by atoms with E-state index in [-0.39, 0.29) is 11.8 Å². The Kier molecular flexibility index (Phi) is 4.52. The van der Waals surface area contributed by atoms with Gasteiger partial charge in [-0.1, -0.05) is 24.3 Å². The Morgan fingerprint density at radius 3 is 2.38 bits per heavy atom. The Balaban J connectivity index is 1.74. The van der Waals surface area contributed by atoms with E-state index in [4.69, 9.17) is 23.2 Å². The number of rotatable bonds is 4. The third kappa shape index (κ3) is 3.71. The lowest BCUT2D eigenvalue weighted by atomic mass is 10.1. The van der Waals surface area contributed by atoms with E-state index in [1.165, 1.54) is 0 Å². The number of nitrogens with one attached hydrogen (secondary N) is 2. The molecule has 2 aromatic rings. The molecule has 124 valence electrons. The van der Waals surface area contributed by atoms with Gasteiger partial charge in [0.25, 0.3) is 5.91 Å². The Morgan fingerprint density at radius 1 is 1.08 bits per heavy atom. The zero-order chi connectivity index (χ0) is 17.3. The molecule has 0 bridgehead atoms. The van der Waals surface area contributed by atoms with Crippen molar-refractivity contribution < 1.29 is 9.59 Å². The lowest BCUT2D eigenvalue weighted by Gasteiger charge is -2.11. The van der Waals surface area contributed by atoms with Crippen molar-refractivity contribution in [3.63, 3.8) is 0 Å². The van der Waals surface area contributed by atoms with Crippen LogP contribution in [-0.4, -0.2) is 16.1 Å². The molecule has 0 spiro atoms. The van der Waals surface area contributed by atoms with Gasteiger partial charge in [-0.05, 0) is 43.2 Å². The van der Waals surface area contributed by atoms with E-state index in [1.54, 1.807) is 18.2 Å². The predicted molar refractivity (Wildman–Crippen MR) is 96.7 cm³/mol. The smallest absolute Gasteiger partial charge is 0.255 e. The first kappa shape index (κ1) is 16.8. The fourth-order valence-corrected chi connectivity index (χ4v) is 2.85. The maximum absolute atomic E-state index is 12.3. The second-order valence-corrected chi connectivity index (χ2v) is 7.40. The van der Waals surface area contributed by atoms with Gasteiger partial charge in [-0.3, -0.25) is 9.59 Å². The zero-order valence-corrected chi connectivity index (χ0v) is 14.5. The molecule has 2 amide bonds. The van der Waals surface area contributed by atoms with Crippen molar-refractivity contribution in [2.75, 3.05) is 10.6 Å². The van der Waals surface area contributed by atoms with Crippen LogP contribution in [0.25, 0.3) is 0 Å². The number of hydrogen-bond acceptors (Lipinski definition) is 2. The first-order valence-corrected chi connectivity index (χ1v) is 8.28. The SMILES string of the molecule is Cc1ccc(C(=O)Nc2ccccc2)cc1NC(=O)C1CC1(Cl)Cl. The molecule has 2 aromatic carbocycles. The molecule has 1 aliphatic rings. The molecule has 3 rings (SSSR count). The van der Waals surface area contributed by atoms with Crippen molar-refractivity contribution >= 4 is 46.4 Å². The average Bonchev–Trinajstić information content (AvgIpc) is 3.19. The molecule has 1 saturated carbocycles. The number of carbonyl (C=O) groups excluding carboxylic acids is 2. The summed E-state index contributed by atoms with van der Waals surface area (Å²) < 4.78 is -0.972. The summed E-state index contributed by atoms with van der Waals surface area (Å²) in [4.78, 5) is 24.5. The second kappa shape index (κ2) is 6.46. The molecule has 1 atom stereocenters. The normalized spacial score (nSPS) is 17.9. The first-order valence-electron chi connectivity index (χ1n) is 7.52. The van der Waals surface area contributed by atoms with Crippen molar-refractivity contribution in [1.82, 2.24) is 0 Å². The van der Waals surface area contributed by atoms with Crippen molar-refractivity contribution in [2.45, 2.75) is 17.7 Å². The van der Waals surface area contributed by atoms with Crippen LogP contribution in [0.5, 0.6) is 0 Å². The van der Waals surface area contributed by atoms with E-state index in [0.717, 1.165) is 5.56 Å². The zero-order valence-electron chi connectivity index (χ0n) is 13.0. The second-order valence-electron chi connectivity index (χ2n) is 5.86. The highest BCUT2D eigenvalue weighted by Crippen LogP contribution is 2.53. The van der Waals surface area contributed by atoms with Gasteiger partial charge in [0.05, 0.1) is 5.92 Å². The molecule has 4 nitrogen and oxygen atoms in total. The van der Waals surface area contributed by atoms with Gasteiger partial charge in [0, 0.05) is 16.9 Å². The largest absolute Gasteiger partial charge is 0.325 e. The van der Waals surface area contributed by atoms with Crippen LogP contribution in [0.3, 0.4) is 0 Å². The molecule has 1 unspecified atom stereocenters. The molecule has 0 saturated heterocycles. The molecular weight excluding hydrogens is 347 g/mol. The Hall–Kier alpha value is -2.04. The van der Waals surface area contributed by atoms with Gasteiger partial charge in [-0.25, -0.2) is 0 Å². The summed E-state index contributed by atoms with van der Waals surface area (Å²) in [7, 11) is 0. The van der Waals surface area contributed by atoms with Crippen molar-refractivity contribution in [1.29, 1.82) is 0 Å². The summed E-state index contributed by atoms with van der Waals surface area (Å²) in [6, 6.07) is 14.3. The number of aryl methyl sites for hydroxylation is 1. The van der Waals surface area contributed by atoms with Gasteiger partial charge >= 0.3 is 0 Å². The molecule has 24 heavy (non-hydrogen) atoms. The third-order valence-corrected chi connectivity index (χ3v) is 4.77. The lowest BCUT2D eigenvalue weighted by molar-refractivity contribution is -0.117. The van der Waals surface area contributed by atoms with Gasteiger partial charge in [0.15, 0.2) is 0 Å². The highest BCUT2D eigenvalue weighted by atomic mass is 35.5. The quantitative estimate of drug-likeness (QED) is 0.792. The number of hydrogen-bond donors (Lipinski definition) is 2. The number of halogens is 2. The topological polar surface area (TPSA) is 58.2 Å². The minimum Gasteiger partial charge on any atom is -0.325 e. The van der Waals surface area contributed by atoms with Gasteiger partial charge in [-0.2, -0.15) is 0 Å². The summed E-state index contributed by atoms with van der Waals surface area (Å²) in [5, 5.41) is 5.61. The Morgan fingerprint density at radius 2 is 1.75 bits per heavy atom. The van der Waals surface area contributed by atoms with Crippen LogP contribution < -0.4 is 10.6 Å². The molecule has 0 radical (unpaired) electrons. The summed E-state index contributed by atoms with van der Waals surface area (Å²) in [5.74, 6) is -0.891. The summed E-state index contributed by atoms with van der Waals surface area (Å²) in [6.45, 7) is 1.86. The highest BCUT2D eigenvalue weighted by molar-refractivity contribution is 6.52. The van der Waals surface area contributed by atoms with E-state index >= 15 is 0 Å². The molecule has 6 heteroatoms. The van der Waals surface area contributed by atoms with Crippen LogP contribution in [0.4, 0.5) is 11.4 Å². The number of anilines is 2. The molecule has 1 fully saturated rings. The van der Waals surface area contributed by atoms with E-state index in [1.807, 2.05) is 37.3 Å². The van der Waals surface area contributed by atoms with E-state index < -0.39 is 10.3 Å². The fraction of sp³-hybridized carbons (Fsp3) is 0.222. The van der Waals surface area contributed by atoms with Crippen LogP contribution in [0.15, 0.2) is 48.5 Å². The lowest BCUT2D eigenvalue weighted by Crippen LogP contribution is -2.18. The van der Waals surface area contributed by atoms with Crippen LogP contribution >= 0.6 is 23.2 Å². The number of alkyl halides is 2. The predicted octanol–water partition coefficient (Wildman–Crippen LogP) is 4.38. The van der Waals surface area contributed by atoms with E-state index in [2.05, 4.69) is 10.6 Å². The maximum atomic E-state index is 12.3. The summed E-state index contributed by atoms with van der Waals surface area (Å²) in [5.41, 5.74) is 2.60. The van der Waals surface area contributed by atoms with Crippen molar-refractivity contribution in [2.24, 2.45) is 5.92 Å². The van der Waals surface area contributed by atoms with E-state index in [9.17, 15) is 9.59 Å². The molecular formula is C18H16Cl2N2O2. The highest BCUT2D eigenvalue weighted by Gasteiger charge is 2.56. The van der Waals surface area contributed by atoms with Crippen LogP contribution in [0.1, 0.15) is 22.3 Å². The summed E-state index contributed by atoms with van der Waals surface area (Å²) >= 11 is 11.8. The molecule has 2 N–H and O–H groups in total. The minimum atomic E-state index is -0.972. The Bertz CT molecular complexity index is 791. The van der Waals surface area contributed by atoms with Crippen molar-refractivity contribution in [3.8, 4) is 0 Å². The molecule has 1 aliphatic carbocycles. The average molecular weight is 363 g/mol. The molecule has 0 aliphatic heterocycles. The van der Waals surface area contributed by atoms with Crippen molar-refractivity contribution in [3.05, 3.63) is 59.7 Å². The minimum absolute atomic E-state index is 0.233.